The van der Waals surface area contributed by atoms with Gasteiger partial charge in [-0.1, -0.05) is 11.3 Å². The van der Waals surface area contributed by atoms with Crippen molar-refractivity contribution in [2.24, 2.45) is 7.05 Å². The molecule has 0 aliphatic carbocycles. The van der Waals surface area contributed by atoms with E-state index in [1.807, 2.05) is 42.1 Å². The molecule has 4 rings (SSSR count). The van der Waals surface area contributed by atoms with Crippen molar-refractivity contribution in [2.45, 2.75) is 0 Å². The molecule has 0 aliphatic rings. The van der Waals surface area contributed by atoms with E-state index in [0.717, 1.165) is 32.3 Å². The zero-order chi connectivity index (χ0) is 14.2. The predicted molar refractivity (Wildman–Crippen MR) is 82.8 cm³/mol. The normalized spacial score (nSPS) is 11.1. The van der Waals surface area contributed by atoms with Gasteiger partial charge in [0.1, 0.15) is 16.3 Å². The Bertz CT molecular complexity index is 910. The van der Waals surface area contributed by atoms with Crippen LogP contribution in [0.3, 0.4) is 0 Å². The first kappa shape index (κ1) is 12.2. The van der Waals surface area contributed by atoms with Crippen LogP contribution < -0.4 is 0 Å². The van der Waals surface area contributed by atoms with E-state index in [4.69, 9.17) is 0 Å². The predicted octanol–water partition coefficient (Wildman–Crippen LogP) is 3.15. The fourth-order valence-electron chi connectivity index (χ4n) is 2.19. The first-order valence-electron chi connectivity index (χ1n) is 6.47. The van der Waals surface area contributed by atoms with Crippen LogP contribution in [-0.2, 0) is 7.05 Å². The molecular formula is C15H11N5S. The summed E-state index contributed by atoms with van der Waals surface area (Å²) in [5.41, 5.74) is 2.77. The molecule has 0 unspecified atom stereocenters. The van der Waals surface area contributed by atoms with Gasteiger partial charge in [-0.05, 0) is 30.3 Å². The molecule has 0 amide bonds. The molecule has 4 aromatic heterocycles. The van der Waals surface area contributed by atoms with Crippen molar-refractivity contribution < 1.29 is 0 Å². The number of aryl methyl sites for hydroxylation is 1. The summed E-state index contributed by atoms with van der Waals surface area (Å²) in [5, 5.41) is 11.3. The molecule has 0 spiro atoms. The minimum Gasteiger partial charge on any atom is -0.336 e. The lowest BCUT2D eigenvalue weighted by Gasteiger charge is -1.98. The summed E-state index contributed by atoms with van der Waals surface area (Å²) in [6.45, 7) is 0. The van der Waals surface area contributed by atoms with Gasteiger partial charge < -0.3 is 4.57 Å². The minimum absolute atomic E-state index is 0.817. The molecule has 102 valence electrons. The highest BCUT2D eigenvalue weighted by Gasteiger charge is 2.11. The third kappa shape index (κ3) is 2.09. The summed E-state index contributed by atoms with van der Waals surface area (Å²) >= 11 is 1.52. The maximum Gasteiger partial charge on any atom is 0.166 e. The summed E-state index contributed by atoms with van der Waals surface area (Å²) in [7, 11) is 1.99. The van der Waals surface area contributed by atoms with E-state index >= 15 is 0 Å². The molecule has 0 aliphatic heterocycles. The quantitative estimate of drug-likeness (QED) is 0.569. The van der Waals surface area contributed by atoms with Crippen LogP contribution in [0.1, 0.15) is 0 Å². The zero-order valence-corrected chi connectivity index (χ0v) is 12.1. The van der Waals surface area contributed by atoms with Crippen molar-refractivity contribution in [3.8, 4) is 21.3 Å². The standard InChI is InChI=1S/C15H11N5S/c1-20-8-6-10-4-5-12(17-13(10)20)15-19-18-14(21-15)11-3-2-7-16-9-11/h2-9H,1H3. The Morgan fingerprint density at radius 1 is 1.05 bits per heavy atom. The minimum atomic E-state index is 0.817. The van der Waals surface area contributed by atoms with Crippen LogP contribution in [0, 0.1) is 0 Å². The van der Waals surface area contributed by atoms with Crippen LogP contribution in [0.15, 0.2) is 48.9 Å². The first-order chi connectivity index (χ1) is 10.3. The smallest absolute Gasteiger partial charge is 0.166 e. The van der Waals surface area contributed by atoms with E-state index in [1.165, 1.54) is 11.3 Å². The van der Waals surface area contributed by atoms with Crippen molar-refractivity contribution in [3.63, 3.8) is 0 Å². The molecule has 5 nitrogen and oxygen atoms in total. The molecular weight excluding hydrogens is 282 g/mol. The lowest BCUT2D eigenvalue weighted by Crippen LogP contribution is -1.90. The average Bonchev–Trinajstić information content (AvgIpc) is 3.16. The third-order valence-electron chi connectivity index (χ3n) is 3.27. The van der Waals surface area contributed by atoms with Gasteiger partial charge in [0.2, 0.25) is 0 Å². The Balaban J connectivity index is 1.79. The summed E-state index contributed by atoms with van der Waals surface area (Å²) < 4.78 is 2.00. The van der Waals surface area contributed by atoms with Gasteiger partial charge in [0.15, 0.2) is 5.01 Å². The number of pyridine rings is 2. The summed E-state index contributed by atoms with van der Waals surface area (Å²) in [6.07, 6.45) is 5.54. The van der Waals surface area contributed by atoms with Crippen LogP contribution in [0.25, 0.3) is 32.3 Å². The maximum absolute atomic E-state index is 4.67. The molecule has 4 heterocycles. The van der Waals surface area contributed by atoms with Gasteiger partial charge in [0, 0.05) is 36.6 Å². The van der Waals surface area contributed by atoms with Gasteiger partial charge in [0.25, 0.3) is 0 Å². The van der Waals surface area contributed by atoms with Gasteiger partial charge in [-0.25, -0.2) is 4.98 Å². The highest BCUT2D eigenvalue weighted by Crippen LogP contribution is 2.29. The number of aromatic nitrogens is 5. The van der Waals surface area contributed by atoms with Gasteiger partial charge in [-0.15, -0.1) is 10.2 Å². The fraction of sp³-hybridized carbons (Fsp3) is 0.0667. The highest BCUT2D eigenvalue weighted by atomic mass is 32.1. The highest BCUT2D eigenvalue weighted by molar-refractivity contribution is 7.17. The topological polar surface area (TPSA) is 56.5 Å². The van der Waals surface area contributed by atoms with E-state index in [-0.39, 0.29) is 0 Å². The van der Waals surface area contributed by atoms with Gasteiger partial charge in [0.05, 0.1) is 0 Å². The Labute approximate surface area is 124 Å². The van der Waals surface area contributed by atoms with E-state index in [9.17, 15) is 0 Å². The second kappa shape index (κ2) is 4.75. The number of rotatable bonds is 2. The third-order valence-corrected chi connectivity index (χ3v) is 4.26. The number of hydrogen-bond donors (Lipinski definition) is 0. The monoisotopic (exact) mass is 293 g/mol. The molecule has 0 radical (unpaired) electrons. The molecule has 0 bridgehead atoms. The summed E-state index contributed by atoms with van der Waals surface area (Å²) in [4.78, 5) is 8.78. The fourth-order valence-corrected chi connectivity index (χ4v) is 2.99. The van der Waals surface area contributed by atoms with Crippen molar-refractivity contribution >= 4 is 22.4 Å². The lowest BCUT2D eigenvalue weighted by molar-refractivity contribution is 0.948. The van der Waals surface area contributed by atoms with Crippen molar-refractivity contribution in [1.82, 2.24) is 24.7 Å². The Hall–Kier alpha value is -2.60. The molecule has 0 aromatic carbocycles. The molecule has 21 heavy (non-hydrogen) atoms. The van der Waals surface area contributed by atoms with Crippen LogP contribution in [-0.4, -0.2) is 24.7 Å². The van der Waals surface area contributed by atoms with Gasteiger partial charge >= 0.3 is 0 Å². The molecule has 0 saturated carbocycles. The molecule has 0 fully saturated rings. The van der Waals surface area contributed by atoms with Gasteiger partial charge in [-0.2, -0.15) is 0 Å². The second-order valence-electron chi connectivity index (χ2n) is 4.69. The molecule has 0 saturated heterocycles. The number of nitrogens with zero attached hydrogens (tertiary/aromatic N) is 5. The largest absolute Gasteiger partial charge is 0.336 e. The number of hydrogen-bond acceptors (Lipinski definition) is 5. The molecule has 4 aromatic rings. The maximum atomic E-state index is 4.67. The Morgan fingerprint density at radius 3 is 2.81 bits per heavy atom. The summed E-state index contributed by atoms with van der Waals surface area (Å²) in [6, 6.07) is 9.96. The summed E-state index contributed by atoms with van der Waals surface area (Å²) in [5.74, 6) is 0. The van der Waals surface area contributed by atoms with Crippen molar-refractivity contribution in [2.75, 3.05) is 0 Å². The Morgan fingerprint density at radius 2 is 1.95 bits per heavy atom. The van der Waals surface area contributed by atoms with Crippen LogP contribution in [0.5, 0.6) is 0 Å². The van der Waals surface area contributed by atoms with E-state index < -0.39 is 0 Å². The van der Waals surface area contributed by atoms with Crippen LogP contribution in [0.2, 0.25) is 0 Å². The molecule has 0 N–H and O–H groups in total. The number of fused-ring (bicyclic) bond motifs is 1. The second-order valence-corrected chi connectivity index (χ2v) is 5.67. The lowest BCUT2D eigenvalue weighted by atomic mass is 10.3. The van der Waals surface area contributed by atoms with Crippen LogP contribution >= 0.6 is 11.3 Å². The van der Waals surface area contributed by atoms with E-state index in [1.54, 1.807) is 12.4 Å². The van der Waals surface area contributed by atoms with Crippen molar-refractivity contribution in [3.05, 3.63) is 48.9 Å². The zero-order valence-electron chi connectivity index (χ0n) is 11.3. The first-order valence-corrected chi connectivity index (χ1v) is 7.29. The van der Waals surface area contributed by atoms with E-state index in [0.29, 0.717) is 0 Å². The van der Waals surface area contributed by atoms with Crippen LogP contribution in [0.4, 0.5) is 0 Å². The van der Waals surface area contributed by atoms with Crippen molar-refractivity contribution in [1.29, 1.82) is 0 Å². The SMILES string of the molecule is Cn1ccc2ccc(-c3nnc(-c4cccnc4)s3)nc21. The molecule has 6 heteroatoms. The Kier molecular flexibility index (Phi) is 2.75. The van der Waals surface area contributed by atoms with E-state index in [2.05, 4.69) is 26.2 Å². The van der Waals surface area contributed by atoms with Gasteiger partial charge in [-0.3, -0.25) is 4.98 Å². The molecule has 0 atom stereocenters. The average molecular weight is 293 g/mol.